The smallest absolute Gasteiger partial charge is 0.251 e. The van der Waals surface area contributed by atoms with Gasteiger partial charge in [0.1, 0.15) is 11.0 Å². The first kappa shape index (κ1) is 26.3. The average molecular weight is 543 g/mol. The standard InChI is InChI=1S/C31H31ClN4OS/c32-28-21-29(36-18-7-8-19-36)35-31(34-28)38-22-23-10-9-15-26(20-23)30(37)33-17-16-27(24-11-3-1-4-12-24)25-13-5-2-6-14-25/h1-6,9-15,20-21,27H,7-8,16-19,22H2,(H,33,37). The summed E-state index contributed by atoms with van der Waals surface area (Å²) in [6, 6.07) is 30.5. The third-order valence-corrected chi connectivity index (χ3v) is 7.88. The molecule has 5 nitrogen and oxygen atoms in total. The molecule has 0 radical (unpaired) electrons. The van der Waals surface area contributed by atoms with Crippen LogP contribution in [0.3, 0.4) is 0 Å². The van der Waals surface area contributed by atoms with Crippen molar-refractivity contribution in [2.24, 2.45) is 0 Å². The van der Waals surface area contributed by atoms with Gasteiger partial charge in [0.05, 0.1) is 0 Å². The molecule has 1 aliphatic heterocycles. The van der Waals surface area contributed by atoms with Crippen molar-refractivity contribution >= 4 is 35.1 Å². The Hall–Kier alpha value is -3.35. The molecule has 1 aliphatic rings. The monoisotopic (exact) mass is 542 g/mol. The normalized spacial score (nSPS) is 13.2. The van der Waals surface area contributed by atoms with Crippen LogP contribution >= 0.6 is 23.4 Å². The van der Waals surface area contributed by atoms with Crippen LogP contribution in [-0.4, -0.2) is 35.5 Å². The summed E-state index contributed by atoms with van der Waals surface area (Å²) in [5, 5.41) is 4.24. The Kier molecular flexibility index (Phi) is 8.94. The van der Waals surface area contributed by atoms with Gasteiger partial charge in [0.2, 0.25) is 0 Å². The molecule has 2 heterocycles. The van der Waals surface area contributed by atoms with Crippen LogP contribution in [0.1, 0.15) is 52.2 Å². The first-order chi connectivity index (χ1) is 18.7. The van der Waals surface area contributed by atoms with Gasteiger partial charge in [-0.25, -0.2) is 9.97 Å². The van der Waals surface area contributed by atoms with Crippen LogP contribution in [0.2, 0.25) is 5.15 Å². The molecule has 0 aliphatic carbocycles. The second-order valence-electron chi connectivity index (χ2n) is 9.43. The summed E-state index contributed by atoms with van der Waals surface area (Å²) in [5.74, 6) is 1.71. The largest absolute Gasteiger partial charge is 0.356 e. The first-order valence-corrected chi connectivity index (χ1v) is 14.4. The molecular formula is C31H31ClN4OS. The van der Waals surface area contributed by atoms with E-state index < -0.39 is 0 Å². The molecule has 1 fully saturated rings. The first-order valence-electron chi connectivity index (χ1n) is 13.0. The van der Waals surface area contributed by atoms with Gasteiger partial charge in [0.25, 0.3) is 5.91 Å². The van der Waals surface area contributed by atoms with Gasteiger partial charge in [0, 0.05) is 42.9 Å². The number of nitrogens with zero attached hydrogens (tertiary/aromatic N) is 3. The van der Waals surface area contributed by atoms with E-state index in [4.69, 9.17) is 16.6 Å². The van der Waals surface area contributed by atoms with Gasteiger partial charge in [-0.3, -0.25) is 4.79 Å². The number of carbonyl (C=O) groups excluding carboxylic acids is 1. The summed E-state index contributed by atoms with van der Waals surface area (Å²) in [4.78, 5) is 24.4. The quantitative estimate of drug-likeness (QED) is 0.133. The molecule has 0 unspecified atom stereocenters. The molecule has 0 atom stereocenters. The minimum atomic E-state index is -0.0629. The number of aromatic nitrogens is 2. The van der Waals surface area contributed by atoms with Crippen molar-refractivity contribution in [2.75, 3.05) is 24.5 Å². The number of hydrogen-bond acceptors (Lipinski definition) is 5. The zero-order valence-corrected chi connectivity index (χ0v) is 22.8. The highest BCUT2D eigenvalue weighted by molar-refractivity contribution is 7.98. The number of hydrogen-bond donors (Lipinski definition) is 1. The highest BCUT2D eigenvalue weighted by Crippen LogP contribution is 2.28. The maximum absolute atomic E-state index is 13.0. The summed E-state index contributed by atoms with van der Waals surface area (Å²) in [6.07, 6.45) is 3.18. The maximum Gasteiger partial charge on any atom is 0.251 e. The van der Waals surface area contributed by atoms with Crippen molar-refractivity contribution < 1.29 is 4.79 Å². The summed E-state index contributed by atoms with van der Waals surface area (Å²) >= 11 is 7.81. The lowest BCUT2D eigenvalue weighted by molar-refractivity contribution is 0.0952. The minimum Gasteiger partial charge on any atom is -0.356 e. The SMILES string of the molecule is O=C(NCCC(c1ccccc1)c1ccccc1)c1cccc(CSc2nc(Cl)cc(N3CCCC3)n2)c1. The lowest BCUT2D eigenvalue weighted by Gasteiger charge is -2.18. The van der Waals surface area contributed by atoms with Crippen molar-refractivity contribution in [3.05, 3.63) is 118 Å². The minimum absolute atomic E-state index is 0.0629. The van der Waals surface area contributed by atoms with E-state index in [0.717, 1.165) is 30.9 Å². The molecule has 0 bridgehead atoms. The molecule has 1 amide bonds. The Morgan fingerprint density at radius 2 is 1.58 bits per heavy atom. The topological polar surface area (TPSA) is 58.1 Å². The van der Waals surface area contributed by atoms with E-state index in [2.05, 4.69) is 63.7 Å². The highest BCUT2D eigenvalue weighted by Gasteiger charge is 2.17. The van der Waals surface area contributed by atoms with Crippen LogP contribution in [0, 0.1) is 0 Å². The van der Waals surface area contributed by atoms with Crippen molar-refractivity contribution in [3.8, 4) is 0 Å². The van der Waals surface area contributed by atoms with Gasteiger partial charge in [-0.15, -0.1) is 0 Å². The fourth-order valence-corrected chi connectivity index (χ4v) is 5.86. The van der Waals surface area contributed by atoms with Crippen LogP contribution in [0.5, 0.6) is 0 Å². The Labute approximate surface area is 233 Å². The zero-order chi connectivity index (χ0) is 26.2. The number of halogens is 1. The maximum atomic E-state index is 13.0. The fourth-order valence-electron chi connectivity index (χ4n) is 4.84. The highest BCUT2D eigenvalue weighted by atomic mass is 35.5. The average Bonchev–Trinajstić information content (AvgIpc) is 3.50. The summed E-state index contributed by atoms with van der Waals surface area (Å²) in [5.41, 5.74) is 4.20. The Balaban J connectivity index is 1.19. The van der Waals surface area contributed by atoms with E-state index in [0.29, 0.717) is 28.2 Å². The molecule has 38 heavy (non-hydrogen) atoms. The van der Waals surface area contributed by atoms with Gasteiger partial charge in [-0.05, 0) is 48.1 Å². The van der Waals surface area contributed by atoms with Gasteiger partial charge in [-0.2, -0.15) is 0 Å². The molecule has 5 rings (SSSR count). The molecule has 1 aromatic heterocycles. The van der Waals surface area contributed by atoms with Gasteiger partial charge in [0.15, 0.2) is 5.16 Å². The molecule has 7 heteroatoms. The Morgan fingerprint density at radius 3 is 2.26 bits per heavy atom. The number of nitrogens with one attached hydrogen (secondary N) is 1. The second kappa shape index (κ2) is 12.9. The number of benzene rings is 3. The Morgan fingerprint density at radius 1 is 0.895 bits per heavy atom. The molecule has 1 N–H and O–H groups in total. The summed E-state index contributed by atoms with van der Waals surface area (Å²) < 4.78 is 0. The number of amides is 1. The molecule has 4 aromatic rings. The van der Waals surface area contributed by atoms with Gasteiger partial charge >= 0.3 is 0 Å². The number of anilines is 1. The molecule has 194 valence electrons. The second-order valence-corrected chi connectivity index (χ2v) is 10.8. The van der Waals surface area contributed by atoms with E-state index in [9.17, 15) is 4.79 Å². The van der Waals surface area contributed by atoms with E-state index in [1.165, 1.54) is 35.7 Å². The lowest BCUT2D eigenvalue weighted by Crippen LogP contribution is -2.26. The predicted octanol–water partition coefficient (Wildman–Crippen LogP) is 6.97. The van der Waals surface area contributed by atoms with Crippen LogP contribution in [0.15, 0.2) is 96.2 Å². The van der Waals surface area contributed by atoms with Crippen molar-refractivity contribution in [2.45, 2.75) is 36.1 Å². The lowest BCUT2D eigenvalue weighted by atomic mass is 9.88. The Bertz CT molecular complexity index is 1310. The number of thioether (sulfide) groups is 1. The van der Waals surface area contributed by atoms with E-state index >= 15 is 0 Å². The molecule has 0 spiro atoms. The van der Waals surface area contributed by atoms with Gasteiger partial charge < -0.3 is 10.2 Å². The van der Waals surface area contributed by atoms with E-state index in [-0.39, 0.29) is 11.8 Å². The predicted molar refractivity (Wildman–Crippen MR) is 156 cm³/mol. The van der Waals surface area contributed by atoms with Crippen molar-refractivity contribution in [3.63, 3.8) is 0 Å². The summed E-state index contributed by atoms with van der Waals surface area (Å²) in [6.45, 7) is 2.60. The van der Waals surface area contributed by atoms with Crippen molar-refractivity contribution in [1.29, 1.82) is 0 Å². The number of rotatable bonds is 10. The van der Waals surface area contributed by atoms with E-state index in [1.54, 1.807) is 0 Å². The van der Waals surface area contributed by atoms with Crippen LogP contribution < -0.4 is 10.2 Å². The van der Waals surface area contributed by atoms with Crippen LogP contribution in [-0.2, 0) is 5.75 Å². The van der Waals surface area contributed by atoms with Crippen LogP contribution in [0.25, 0.3) is 0 Å². The van der Waals surface area contributed by atoms with Crippen LogP contribution in [0.4, 0.5) is 5.82 Å². The molecule has 0 saturated carbocycles. The molecule has 1 saturated heterocycles. The molecule has 3 aromatic carbocycles. The third kappa shape index (κ3) is 6.94. The van der Waals surface area contributed by atoms with Crippen molar-refractivity contribution in [1.82, 2.24) is 15.3 Å². The third-order valence-electron chi connectivity index (χ3n) is 6.77. The van der Waals surface area contributed by atoms with Gasteiger partial charge in [-0.1, -0.05) is 96.2 Å². The zero-order valence-electron chi connectivity index (χ0n) is 21.2. The molecular weight excluding hydrogens is 512 g/mol. The summed E-state index contributed by atoms with van der Waals surface area (Å²) in [7, 11) is 0. The van der Waals surface area contributed by atoms with E-state index in [1.807, 2.05) is 42.5 Å². The fraction of sp³-hybridized carbons (Fsp3) is 0.258. The number of carbonyl (C=O) groups is 1.